The molecule has 0 unspecified atom stereocenters. The highest BCUT2D eigenvalue weighted by Gasteiger charge is 2.24. The molecule has 3 N–H and O–H groups in total. The Balaban J connectivity index is 2.03. The van der Waals surface area contributed by atoms with Gasteiger partial charge in [0.2, 0.25) is 11.8 Å². The minimum absolute atomic E-state index is 0.118. The van der Waals surface area contributed by atoms with Crippen LogP contribution in [-0.2, 0) is 9.59 Å². The van der Waals surface area contributed by atoms with Gasteiger partial charge in [0.15, 0.2) is 0 Å². The van der Waals surface area contributed by atoms with Crippen molar-refractivity contribution in [1.29, 1.82) is 0 Å². The summed E-state index contributed by atoms with van der Waals surface area (Å²) in [6.45, 7) is 3.40. The highest BCUT2D eigenvalue weighted by molar-refractivity contribution is 9.10. The van der Waals surface area contributed by atoms with Crippen molar-refractivity contribution in [3.05, 3.63) is 52.5 Å². The molecule has 6 nitrogen and oxygen atoms in total. The number of amides is 2. The molecule has 2 rings (SSSR count). The van der Waals surface area contributed by atoms with E-state index in [9.17, 15) is 14.0 Å². The summed E-state index contributed by atoms with van der Waals surface area (Å²) >= 11 is 3.26. The Kier molecular flexibility index (Phi) is 5.73. The number of hydrogen-bond donors (Lipinski definition) is 2. The molecule has 132 valence electrons. The monoisotopic (exact) mass is 408 g/mol. The number of hydrogen-bond acceptors (Lipinski definition) is 3. The highest BCUT2D eigenvalue weighted by atomic mass is 79.9. The van der Waals surface area contributed by atoms with Gasteiger partial charge in [0.1, 0.15) is 11.5 Å². The second kappa shape index (κ2) is 7.60. The van der Waals surface area contributed by atoms with Crippen molar-refractivity contribution in [3.8, 4) is 5.69 Å². The summed E-state index contributed by atoms with van der Waals surface area (Å²) < 4.78 is 16.4. The van der Waals surface area contributed by atoms with E-state index in [1.807, 2.05) is 0 Å². The molecule has 0 aliphatic carbocycles. The van der Waals surface area contributed by atoms with Crippen LogP contribution in [0.15, 0.2) is 41.1 Å². The number of aromatic nitrogens is 2. The Morgan fingerprint density at radius 1 is 1.44 bits per heavy atom. The molecule has 0 aliphatic rings. The van der Waals surface area contributed by atoms with Crippen LogP contribution in [0.4, 0.5) is 4.39 Å². The third kappa shape index (κ3) is 4.99. The zero-order chi connectivity index (χ0) is 18.6. The van der Waals surface area contributed by atoms with Gasteiger partial charge in [-0.15, -0.1) is 0 Å². The van der Waals surface area contributed by atoms with Crippen LogP contribution in [0.5, 0.6) is 0 Å². The van der Waals surface area contributed by atoms with Crippen molar-refractivity contribution < 1.29 is 14.0 Å². The number of nitrogens with two attached hydrogens (primary N) is 1. The summed E-state index contributed by atoms with van der Waals surface area (Å²) in [4.78, 5) is 23.0. The SMILES string of the molecule is CC(C)(CNC(=O)/C=C/c1ccc(-n2cc(Br)cn2)c(F)c1)C(N)=O. The van der Waals surface area contributed by atoms with Gasteiger partial charge in [-0.3, -0.25) is 9.59 Å². The lowest BCUT2D eigenvalue weighted by atomic mass is 9.93. The van der Waals surface area contributed by atoms with E-state index in [0.717, 1.165) is 4.47 Å². The van der Waals surface area contributed by atoms with E-state index in [1.165, 1.54) is 22.9 Å². The molecule has 2 amide bonds. The lowest BCUT2D eigenvalue weighted by Crippen LogP contribution is -2.41. The molecule has 1 aromatic heterocycles. The maximum atomic E-state index is 14.2. The average molecular weight is 409 g/mol. The number of halogens is 2. The van der Waals surface area contributed by atoms with Crippen molar-refractivity contribution in [2.45, 2.75) is 13.8 Å². The summed E-state index contributed by atoms with van der Waals surface area (Å²) in [6, 6.07) is 4.55. The fourth-order valence-corrected chi connectivity index (χ4v) is 2.16. The van der Waals surface area contributed by atoms with E-state index in [2.05, 4.69) is 26.3 Å². The number of nitrogens with one attached hydrogen (secondary N) is 1. The van der Waals surface area contributed by atoms with Crippen LogP contribution in [-0.4, -0.2) is 28.1 Å². The summed E-state index contributed by atoms with van der Waals surface area (Å²) in [5.74, 6) is -1.36. The van der Waals surface area contributed by atoms with E-state index in [1.54, 1.807) is 38.4 Å². The molecule has 0 saturated carbocycles. The Morgan fingerprint density at radius 2 is 2.16 bits per heavy atom. The molecule has 25 heavy (non-hydrogen) atoms. The fraction of sp³-hybridized carbons (Fsp3) is 0.235. The van der Waals surface area contributed by atoms with Crippen molar-refractivity contribution in [1.82, 2.24) is 15.1 Å². The number of rotatable bonds is 6. The maximum Gasteiger partial charge on any atom is 0.244 e. The standard InChI is InChI=1S/C17H18BrFN4O2/c1-17(2,16(20)25)10-21-15(24)6-4-11-3-5-14(13(19)7-11)23-9-12(18)8-22-23/h3-9H,10H2,1-2H3,(H2,20,25)(H,21,24)/b6-4+. The molecule has 0 bridgehead atoms. The molecule has 0 aliphatic heterocycles. The topological polar surface area (TPSA) is 90.0 Å². The Labute approximate surface area is 153 Å². The summed E-state index contributed by atoms with van der Waals surface area (Å²) in [5.41, 5.74) is 5.23. The molecule has 1 aromatic carbocycles. The molecule has 8 heteroatoms. The van der Waals surface area contributed by atoms with Crippen LogP contribution in [0.2, 0.25) is 0 Å². The molecule has 0 radical (unpaired) electrons. The van der Waals surface area contributed by atoms with Gasteiger partial charge in [-0.2, -0.15) is 5.10 Å². The lowest BCUT2D eigenvalue weighted by molar-refractivity contribution is -0.126. The van der Waals surface area contributed by atoms with Gasteiger partial charge < -0.3 is 11.1 Å². The first-order chi connectivity index (χ1) is 11.7. The molecular weight excluding hydrogens is 391 g/mol. The maximum absolute atomic E-state index is 14.2. The van der Waals surface area contributed by atoms with Crippen LogP contribution in [0.3, 0.4) is 0 Å². The Bertz CT molecular complexity index is 830. The molecule has 0 saturated heterocycles. The van der Waals surface area contributed by atoms with Gasteiger partial charge in [0.25, 0.3) is 0 Å². The molecule has 0 atom stereocenters. The highest BCUT2D eigenvalue weighted by Crippen LogP contribution is 2.18. The van der Waals surface area contributed by atoms with Crippen molar-refractivity contribution in [2.75, 3.05) is 6.54 Å². The number of carbonyl (C=O) groups is 2. The van der Waals surface area contributed by atoms with Crippen LogP contribution >= 0.6 is 15.9 Å². The first-order valence-corrected chi connectivity index (χ1v) is 8.24. The number of carbonyl (C=O) groups excluding carboxylic acids is 2. The van der Waals surface area contributed by atoms with E-state index in [0.29, 0.717) is 11.3 Å². The van der Waals surface area contributed by atoms with Gasteiger partial charge in [-0.1, -0.05) is 6.07 Å². The first-order valence-electron chi connectivity index (χ1n) is 7.45. The molecule has 1 heterocycles. The normalized spacial score (nSPS) is 11.7. The van der Waals surface area contributed by atoms with E-state index in [-0.39, 0.29) is 6.54 Å². The fourth-order valence-electron chi connectivity index (χ4n) is 1.87. The second-order valence-electron chi connectivity index (χ2n) is 6.11. The minimum atomic E-state index is -0.838. The van der Waals surface area contributed by atoms with Gasteiger partial charge in [0.05, 0.1) is 16.1 Å². The van der Waals surface area contributed by atoms with E-state index >= 15 is 0 Å². The van der Waals surface area contributed by atoms with Crippen LogP contribution in [0.1, 0.15) is 19.4 Å². The minimum Gasteiger partial charge on any atom is -0.369 e. The Hall–Kier alpha value is -2.48. The molecule has 0 fully saturated rings. The van der Waals surface area contributed by atoms with Gasteiger partial charge in [-0.05, 0) is 53.5 Å². The third-order valence-corrected chi connectivity index (χ3v) is 3.98. The zero-order valence-electron chi connectivity index (χ0n) is 13.8. The van der Waals surface area contributed by atoms with Crippen LogP contribution in [0.25, 0.3) is 11.8 Å². The van der Waals surface area contributed by atoms with Crippen LogP contribution < -0.4 is 11.1 Å². The predicted octanol–water partition coefficient (Wildman–Crippen LogP) is 2.41. The number of primary amides is 1. The molecule has 0 spiro atoms. The zero-order valence-corrected chi connectivity index (χ0v) is 15.4. The van der Waals surface area contributed by atoms with Crippen LogP contribution in [0, 0.1) is 11.2 Å². The predicted molar refractivity (Wildman–Crippen MR) is 96.2 cm³/mol. The first kappa shape index (κ1) is 18.9. The lowest BCUT2D eigenvalue weighted by Gasteiger charge is -2.20. The summed E-state index contributed by atoms with van der Waals surface area (Å²) in [5, 5.41) is 6.61. The van der Waals surface area contributed by atoms with Gasteiger partial charge in [-0.25, -0.2) is 9.07 Å². The third-order valence-electron chi connectivity index (χ3n) is 3.57. The van der Waals surface area contributed by atoms with Crippen molar-refractivity contribution in [3.63, 3.8) is 0 Å². The summed E-state index contributed by atoms with van der Waals surface area (Å²) in [7, 11) is 0. The van der Waals surface area contributed by atoms with Crippen molar-refractivity contribution in [2.24, 2.45) is 11.1 Å². The Morgan fingerprint density at radius 3 is 2.72 bits per heavy atom. The number of nitrogens with zero attached hydrogens (tertiary/aromatic N) is 2. The second-order valence-corrected chi connectivity index (χ2v) is 7.03. The van der Waals surface area contributed by atoms with Crippen molar-refractivity contribution >= 4 is 33.8 Å². The van der Waals surface area contributed by atoms with Gasteiger partial charge >= 0.3 is 0 Å². The molecule has 2 aromatic rings. The quantitative estimate of drug-likeness (QED) is 0.719. The van der Waals surface area contributed by atoms with Gasteiger partial charge in [0, 0.05) is 18.8 Å². The number of benzene rings is 1. The molecular formula is C17H18BrFN4O2. The largest absolute Gasteiger partial charge is 0.369 e. The van der Waals surface area contributed by atoms with E-state index < -0.39 is 23.0 Å². The van der Waals surface area contributed by atoms with E-state index in [4.69, 9.17) is 5.73 Å². The summed E-state index contributed by atoms with van der Waals surface area (Å²) in [6.07, 6.45) is 5.96. The smallest absolute Gasteiger partial charge is 0.244 e. The average Bonchev–Trinajstić information content (AvgIpc) is 2.97.